The second-order valence-electron chi connectivity index (χ2n) is 6.96. The lowest BCUT2D eigenvalue weighted by Crippen LogP contribution is -2.29. The van der Waals surface area contributed by atoms with Crippen LogP contribution in [0.3, 0.4) is 0 Å². The number of aryl methyl sites for hydroxylation is 3. The molecule has 150 valence electrons. The average Bonchev–Trinajstić information content (AvgIpc) is 3.42. The molecule has 0 radical (unpaired) electrons. The van der Waals surface area contributed by atoms with E-state index < -0.39 is 0 Å². The van der Waals surface area contributed by atoms with Gasteiger partial charge >= 0.3 is 0 Å². The number of H-pyrrole nitrogens is 1. The van der Waals surface area contributed by atoms with Gasteiger partial charge in [0.05, 0.1) is 23.8 Å². The summed E-state index contributed by atoms with van der Waals surface area (Å²) in [5.41, 5.74) is 1.17. The van der Waals surface area contributed by atoms with E-state index in [1.54, 1.807) is 11.3 Å². The van der Waals surface area contributed by atoms with Gasteiger partial charge in [-0.25, -0.2) is 9.97 Å². The van der Waals surface area contributed by atoms with Crippen LogP contribution in [0.2, 0.25) is 0 Å². The third-order valence-corrected chi connectivity index (χ3v) is 7.10. The number of fused-ring (bicyclic) bond motifs is 1. The predicted molar refractivity (Wildman–Crippen MR) is 112 cm³/mol. The van der Waals surface area contributed by atoms with Crippen molar-refractivity contribution in [3.63, 3.8) is 0 Å². The topological polar surface area (TPSA) is 85.7 Å². The molecule has 1 aliphatic heterocycles. The fourth-order valence-corrected chi connectivity index (χ4v) is 5.64. The minimum absolute atomic E-state index is 0.0519. The molecule has 28 heavy (non-hydrogen) atoms. The smallest absolute Gasteiger partial charge is 0.263 e. The van der Waals surface area contributed by atoms with Crippen LogP contribution in [0.25, 0.3) is 10.2 Å². The highest BCUT2D eigenvalue weighted by atomic mass is 32.2. The summed E-state index contributed by atoms with van der Waals surface area (Å²) in [5.74, 6) is 2.20. The number of ether oxygens (including phenoxy) is 1. The molecule has 3 aromatic heterocycles. The fourth-order valence-electron chi connectivity index (χ4n) is 3.61. The predicted octanol–water partition coefficient (Wildman–Crippen LogP) is 3.48. The van der Waals surface area contributed by atoms with Crippen LogP contribution in [0.4, 0.5) is 0 Å². The highest BCUT2D eigenvalue weighted by molar-refractivity contribution is 7.98. The fraction of sp³-hybridized carbons (Fsp3) is 0.579. The van der Waals surface area contributed by atoms with Gasteiger partial charge in [-0.3, -0.25) is 14.5 Å². The van der Waals surface area contributed by atoms with Crippen LogP contribution < -0.4 is 5.56 Å². The molecule has 3 aromatic rings. The molecule has 0 bridgehead atoms. The number of thiophene rings is 1. The van der Waals surface area contributed by atoms with Crippen LogP contribution >= 0.6 is 23.1 Å². The maximum atomic E-state index is 13.4. The third kappa shape index (κ3) is 3.75. The van der Waals surface area contributed by atoms with Crippen LogP contribution in [0, 0.1) is 6.92 Å². The van der Waals surface area contributed by atoms with Crippen LogP contribution in [-0.4, -0.2) is 37.4 Å². The van der Waals surface area contributed by atoms with Crippen molar-refractivity contribution in [3.05, 3.63) is 32.4 Å². The summed E-state index contributed by atoms with van der Waals surface area (Å²) >= 11 is 3.14. The van der Waals surface area contributed by atoms with E-state index in [2.05, 4.69) is 29.0 Å². The van der Waals surface area contributed by atoms with E-state index in [-0.39, 0.29) is 11.7 Å². The lowest BCUT2D eigenvalue weighted by atomic mass is 10.1. The minimum atomic E-state index is 0.0519. The average molecular weight is 420 g/mol. The summed E-state index contributed by atoms with van der Waals surface area (Å²) < 4.78 is 7.61. The van der Waals surface area contributed by atoms with Crippen molar-refractivity contribution in [3.8, 4) is 0 Å². The second-order valence-corrected chi connectivity index (χ2v) is 9.10. The summed E-state index contributed by atoms with van der Waals surface area (Å²) in [5, 5.41) is 8.67. The zero-order valence-corrected chi connectivity index (χ0v) is 18.1. The van der Waals surface area contributed by atoms with Gasteiger partial charge in [0.25, 0.3) is 5.56 Å². The van der Waals surface area contributed by atoms with Crippen molar-refractivity contribution in [2.75, 3.05) is 6.61 Å². The Morgan fingerprint density at radius 2 is 2.18 bits per heavy atom. The van der Waals surface area contributed by atoms with Gasteiger partial charge in [-0.1, -0.05) is 25.6 Å². The van der Waals surface area contributed by atoms with Crippen LogP contribution in [0.15, 0.2) is 9.95 Å². The van der Waals surface area contributed by atoms with E-state index in [0.29, 0.717) is 12.3 Å². The molecule has 0 spiro atoms. The first-order chi connectivity index (χ1) is 13.6. The SMILES string of the molecule is CCc1n[nH]c(CSc2nc3sc(C)c(CC)c3c(=O)n2C[C@H]2CCCO2)n1. The summed E-state index contributed by atoms with van der Waals surface area (Å²) in [6.07, 6.45) is 3.75. The second kappa shape index (κ2) is 8.34. The molecule has 9 heteroatoms. The number of aromatic nitrogens is 5. The summed E-state index contributed by atoms with van der Waals surface area (Å²) in [4.78, 5) is 24.8. The van der Waals surface area contributed by atoms with Crippen molar-refractivity contribution in [1.82, 2.24) is 24.7 Å². The number of nitrogens with zero attached hydrogens (tertiary/aromatic N) is 4. The van der Waals surface area contributed by atoms with Gasteiger partial charge in [0.2, 0.25) is 0 Å². The maximum absolute atomic E-state index is 13.4. The van der Waals surface area contributed by atoms with Crippen molar-refractivity contribution < 1.29 is 4.74 Å². The molecule has 4 heterocycles. The zero-order valence-electron chi connectivity index (χ0n) is 16.4. The van der Waals surface area contributed by atoms with Gasteiger partial charge in [0.1, 0.15) is 16.5 Å². The monoisotopic (exact) mass is 419 g/mol. The molecule has 0 aliphatic carbocycles. The molecule has 0 saturated carbocycles. The number of aromatic amines is 1. The van der Waals surface area contributed by atoms with E-state index in [1.165, 1.54) is 16.6 Å². The first-order valence-electron chi connectivity index (χ1n) is 9.78. The van der Waals surface area contributed by atoms with Gasteiger partial charge in [-0.05, 0) is 31.7 Å². The Bertz CT molecular complexity index is 1030. The highest BCUT2D eigenvalue weighted by Gasteiger charge is 2.23. The van der Waals surface area contributed by atoms with E-state index in [1.807, 2.05) is 11.5 Å². The van der Waals surface area contributed by atoms with E-state index in [0.717, 1.165) is 64.9 Å². The lowest BCUT2D eigenvalue weighted by molar-refractivity contribution is 0.0937. The maximum Gasteiger partial charge on any atom is 0.263 e. The Morgan fingerprint density at radius 1 is 1.32 bits per heavy atom. The van der Waals surface area contributed by atoms with Crippen molar-refractivity contribution in [2.45, 2.75) is 70.0 Å². The zero-order chi connectivity index (χ0) is 19.7. The quantitative estimate of drug-likeness (QED) is 0.466. The number of nitrogens with one attached hydrogen (secondary N) is 1. The van der Waals surface area contributed by atoms with Gasteiger partial charge in [-0.15, -0.1) is 11.3 Å². The molecule has 1 saturated heterocycles. The molecule has 0 amide bonds. The summed E-state index contributed by atoms with van der Waals surface area (Å²) in [7, 11) is 0. The van der Waals surface area contributed by atoms with E-state index >= 15 is 0 Å². The van der Waals surface area contributed by atoms with E-state index in [4.69, 9.17) is 9.72 Å². The molecular formula is C19H25N5O2S2. The highest BCUT2D eigenvalue weighted by Crippen LogP contribution is 2.30. The van der Waals surface area contributed by atoms with Crippen LogP contribution in [0.1, 0.15) is 48.8 Å². The third-order valence-electron chi connectivity index (χ3n) is 5.07. The Hall–Kier alpha value is -1.71. The van der Waals surface area contributed by atoms with Crippen LogP contribution in [0.5, 0.6) is 0 Å². The minimum Gasteiger partial charge on any atom is -0.376 e. The summed E-state index contributed by atoms with van der Waals surface area (Å²) in [6, 6.07) is 0. The largest absolute Gasteiger partial charge is 0.376 e. The molecular weight excluding hydrogens is 394 g/mol. The van der Waals surface area contributed by atoms with Gasteiger partial charge in [0, 0.05) is 17.9 Å². The Morgan fingerprint density at radius 3 is 2.86 bits per heavy atom. The van der Waals surface area contributed by atoms with Crippen molar-refractivity contribution in [2.24, 2.45) is 0 Å². The summed E-state index contributed by atoms with van der Waals surface area (Å²) in [6.45, 7) is 7.52. The first-order valence-corrected chi connectivity index (χ1v) is 11.6. The van der Waals surface area contributed by atoms with Crippen molar-refractivity contribution in [1.29, 1.82) is 0 Å². The van der Waals surface area contributed by atoms with Gasteiger partial charge < -0.3 is 4.74 Å². The van der Waals surface area contributed by atoms with E-state index in [9.17, 15) is 4.79 Å². The van der Waals surface area contributed by atoms with Gasteiger partial charge in [-0.2, -0.15) is 5.10 Å². The van der Waals surface area contributed by atoms with Crippen molar-refractivity contribution >= 4 is 33.3 Å². The molecule has 1 aliphatic rings. The number of hydrogen-bond donors (Lipinski definition) is 1. The molecule has 0 unspecified atom stereocenters. The molecule has 1 fully saturated rings. The Kier molecular flexibility index (Phi) is 5.84. The van der Waals surface area contributed by atoms with Gasteiger partial charge in [0.15, 0.2) is 5.16 Å². The number of hydrogen-bond acceptors (Lipinski definition) is 7. The standard InChI is InChI=1S/C19H25N5O2S2/c1-4-13-11(3)28-17-16(13)18(25)24(9-12-7-6-8-26-12)19(21-17)27-10-15-20-14(5-2)22-23-15/h12H,4-10H2,1-3H3,(H,20,22,23)/t12-/m1/s1. The number of rotatable bonds is 7. The molecule has 4 rings (SSSR count). The Balaban J connectivity index is 1.72. The normalized spacial score (nSPS) is 17.0. The first kappa shape index (κ1) is 19.6. The molecule has 1 N–H and O–H groups in total. The molecule has 1 atom stereocenters. The molecule has 0 aromatic carbocycles. The molecule has 7 nitrogen and oxygen atoms in total. The number of thioether (sulfide) groups is 1. The van der Waals surface area contributed by atoms with Crippen LogP contribution in [-0.2, 0) is 29.9 Å². The lowest BCUT2D eigenvalue weighted by Gasteiger charge is -2.15. The Labute approximate surface area is 171 Å².